The van der Waals surface area contributed by atoms with Crippen LogP contribution >= 0.6 is 7.82 Å². The van der Waals surface area contributed by atoms with Crippen LogP contribution in [0.1, 0.15) is 219 Å². The van der Waals surface area contributed by atoms with Gasteiger partial charge in [-0.2, -0.15) is 0 Å². The highest BCUT2D eigenvalue weighted by molar-refractivity contribution is 7.47. The molecule has 3 atom stereocenters. The van der Waals surface area contributed by atoms with Crippen LogP contribution in [-0.2, 0) is 32.7 Å². The molecule has 3 N–H and O–H groups in total. The van der Waals surface area contributed by atoms with E-state index >= 15 is 0 Å². The second-order valence-electron chi connectivity index (χ2n) is 15.4. The summed E-state index contributed by atoms with van der Waals surface area (Å²) in [6, 6.07) is 0. The fourth-order valence-electron chi connectivity index (χ4n) is 6.40. The van der Waals surface area contributed by atoms with Gasteiger partial charge in [-0.3, -0.25) is 18.6 Å². The lowest BCUT2D eigenvalue weighted by Gasteiger charge is -2.20. The SMILES string of the molecule is CCCCCCCC/C=C/CCCCCCCCCC(=O)O[C@H](COC(=O)CCCCCCCCCCCCCCCCC)COP(=O)(O)OC[C@@H](O)CO. The summed E-state index contributed by atoms with van der Waals surface area (Å²) in [7, 11) is -4.61. The Morgan fingerprint density at radius 2 is 0.891 bits per heavy atom. The maximum atomic E-state index is 12.6. The average Bonchev–Trinajstić information content (AvgIpc) is 3.17. The number of phosphoric ester groups is 1. The number of hydrogen-bond donors (Lipinski definition) is 3. The van der Waals surface area contributed by atoms with Crippen LogP contribution in [-0.4, -0.2) is 65.7 Å². The number of esters is 2. The molecule has 0 aliphatic rings. The molecule has 0 aromatic heterocycles. The minimum atomic E-state index is -4.61. The highest BCUT2D eigenvalue weighted by Crippen LogP contribution is 2.43. The maximum Gasteiger partial charge on any atom is 0.472 e. The molecule has 0 spiro atoms. The number of allylic oxidation sites excluding steroid dienone is 2. The lowest BCUT2D eigenvalue weighted by atomic mass is 10.0. The Hall–Kier alpha value is -1.29. The fourth-order valence-corrected chi connectivity index (χ4v) is 7.19. The minimum absolute atomic E-state index is 0.183. The van der Waals surface area contributed by atoms with Crippen molar-refractivity contribution >= 4 is 19.8 Å². The molecule has 0 aromatic carbocycles. The molecule has 0 amide bonds. The molecule has 0 heterocycles. The summed E-state index contributed by atoms with van der Waals surface area (Å²) in [6.45, 7) is 2.40. The maximum absolute atomic E-state index is 12.6. The predicted octanol–water partition coefficient (Wildman–Crippen LogP) is 12.0. The highest BCUT2D eigenvalue weighted by atomic mass is 31.2. The number of rotatable bonds is 43. The highest BCUT2D eigenvalue weighted by Gasteiger charge is 2.27. The molecule has 0 saturated heterocycles. The zero-order valence-corrected chi connectivity index (χ0v) is 36.3. The van der Waals surface area contributed by atoms with Gasteiger partial charge < -0.3 is 24.6 Å². The third-order valence-electron chi connectivity index (χ3n) is 9.92. The van der Waals surface area contributed by atoms with Gasteiger partial charge in [-0.05, 0) is 38.5 Å². The van der Waals surface area contributed by atoms with Gasteiger partial charge in [0, 0.05) is 12.8 Å². The van der Waals surface area contributed by atoms with Crippen LogP contribution in [0.2, 0.25) is 0 Å². The first kappa shape index (κ1) is 53.7. The van der Waals surface area contributed by atoms with Crippen molar-refractivity contribution in [2.24, 2.45) is 0 Å². The van der Waals surface area contributed by atoms with Gasteiger partial charge in [0.2, 0.25) is 0 Å². The van der Waals surface area contributed by atoms with E-state index in [9.17, 15) is 24.2 Å². The van der Waals surface area contributed by atoms with Crippen LogP contribution in [0.5, 0.6) is 0 Å². The lowest BCUT2D eigenvalue weighted by molar-refractivity contribution is -0.161. The van der Waals surface area contributed by atoms with Gasteiger partial charge in [0.1, 0.15) is 12.7 Å². The quantitative estimate of drug-likeness (QED) is 0.0235. The first-order chi connectivity index (χ1) is 26.7. The number of aliphatic hydroxyl groups excluding tert-OH is 2. The van der Waals surface area contributed by atoms with Gasteiger partial charge in [0.05, 0.1) is 19.8 Å². The molecule has 0 saturated carbocycles. The third kappa shape index (κ3) is 40.7. The van der Waals surface area contributed by atoms with E-state index in [4.69, 9.17) is 23.6 Å². The number of carbonyl (C=O) groups is 2. The van der Waals surface area contributed by atoms with Gasteiger partial charge in [0.25, 0.3) is 0 Å². The molecule has 0 aliphatic heterocycles. The minimum Gasteiger partial charge on any atom is -0.462 e. The monoisotopic (exact) mass is 805 g/mol. The molecule has 0 bridgehead atoms. The largest absolute Gasteiger partial charge is 0.472 e. The summed E-state index contributed by atoms with van der Waals surface area (Å²) in [4.78, 5) is 35.0. The molecule has 11 heteroatoms. The van der Waals surface area contributed by atoms with Gasteiger partial charge in [0.15, 0.2) is 6.10 Å². The van der Waals surface area contributed by atoms with Crippen LogP contribution < -0.4 is 0 Å². The fraction of sp³-hybridized carbons (Fsp3) is 0.909. The van der Waals surface area contributed by atoms with E-state index in [2.05, 4.69) is 26.0 Å². The molecule has 326 valence electrons. The average molecular weight is 805 g/mol. The van der Waals surface area contributed by atoms with Crippen LogP contribution in [0.25, 0.3) is 0 Å². The summed E-state index contributed by atoms with van der Waals surface area (Å²) >= 11 is 0. The zero-order valence-electron chi connectivity index (χ0n) is 35.4. The van der Waals surface area contributed by atoms with Crippen LogP contribution in [0.4, 0.5) is 0 Å². The summed E-state index contributed by atoms with van der Waals surface area (Å²) in [5, 5.41) is 18.3. The summed E-state index contributed by atoms with van der Waals surface area (Å²) in [6.07, 6.45) is 38.8. The summed E-state index contributed by atoms with van der Waals surface area (Å²) < 4.78 is 32.7. The molecule has 10 nitrogen and oxygen atoms in total. The van der Waals surface area contributed by atoms with E-state index in [1.165, 1.54) is 135 Å². The van der Waals surface area contributed by atoms with Gasteiger partial charge in [-0.1, -0.05) is 180 Å². The van der Waals surface area contributed by atoms with Crippen molar-refractivity contribution in [1.82, 2.24) is 0 Å². The van der Waals surface area contributed by atoms with Crippen molar-refractivity contribution in [3.05, 3.63) is 12.2 Å². The van der Waals surface area contributed by atoms with Crippen LogP contribution in [0.15, 0.2) is 12.2 Å². The smallest absolute Gasteiger partial charge is 0.462 e. The second kappa shape index (κ2) is 40.9. The second-order valence-corrected chi connectivity index (χ2v) is 16.9. The number of unbranched alkanes of at least 4 members (excludes halogenated alkanes) is 27. The molecule has 0 rings (SSSR count). The molecular weight excluding hydrogens is 719 g/mol. The Morgan fingerprint density at radius 1 is 0.527 bits per heavy atom. The van der Waals surface area contributed by atoms with E-state index in [1.54, 1.807) is 0 Å². The third-order valence-corrected chi connectivity index (χ3v) is 10.9. The number of hydrogen-bond acceptors (Lipinski definition) is 9. The first-order valence-electron chi connectivity index (χ1n) is 22.6. The first-order valence-corrected chi connectivity index (χ1v) is 24.1. The Labute approximate surface area is 336 Å². The zero-order chi connectivity index (χ0) is 40.5. The van der Waals surface area contributed by atoms with Crippen molar-refractivity contribution in [3.8, 4) is 0 Å². The molecule has 1 unspecified atom stereocenters. The number of carbonyl (C=O) groups excluding carboxylic acids is 2. The normalized spacial score (nSPS) is 13.9. The standard InChI is InChI=1S/C44H85O10P/c1-3-5-7-9-11-13-15-17-19-20-22-24-26-28-30-32-34-36-44(48)54-42(40-53-55(49,50)52-38-41(46)37-45)39-51-43(47)35-33-31-29-27-25-23-21-18-16-14-12-10-8-6-4-2/h17,19,41-42,45-46H,3-16,18,20-40H2,1-2H3,(H,49,50)/b19-17+/t41-,42+/m0/s1. The van der Waals surface area contributed by atoms with Crippen LogP contribution in [0.3, 0.4) is 0 Å². The Bertz CT molecular complexity index is 930. The van der Waals surface area contributed by atoms with Crippen molar-refractivity contribution in [3.63, 3.8) is 0 Å². The van der Waals surface area contributed by atoms with Crippen LogP contribution in [0, 0.1) is 0 Å². The molecule has 0 radical (unpaired) electrons. The molecule has 55 heavy (non-hydrogen) atoms. The Kier molecular flexibility index (Phi) is 39.9. The van der Waals surface area contributed by atoms with Gasteiger partial charge >= 0.3 is 19.8 Å². The van der Waals surface area contributed by atoms with E-state index in [1.807, 2.05) is 0 Å². The van der Waals surface area contributed by atoms with E-state index in [0.29, 0.717) is 12.8 Å². The van der Waals surface area contributed by atoms with Crippen molar-refractivity contribution in [1.29, 1.82) is 0 Å². The van der Waals surface area contributed by atoms with Gasteiger partial charge in [-0.25, -0.2) is 4.57 Å². The summed E-state index contributed by atoms with van der Waals surface area (Å²) in [5.41, 5.74) is 0. The number of ether oxygens (including phenoxy) is 2. The Morgan fingerprint density at radius 3 is 1.31 bits per heavy atom. The number of phosphoric acid groups is 1. The van der Waals surface area contributed by atoms with Crippen molar-refractivity contribution in [2.45, 2.75) is 232 Å². The lowest BCUT2D eigenvalue weighted by Crippen LogP contribution is -2.29. The van der Waals surface area contributed by atoms with Gasteiger partial charge in [-0.15, -0.1) is 0 Å². The molecule has 0 aliphatic carbocycles. The van der Waals surface area contributed by atoms with E-state index in [0.717, 1.165) is 44.9 Å². The molecular formula is C44H85O10P. The molecule has 0 fully saturated rings. The predicted molar refractivity (Wildman–Crippen MR) is 224 cm³/mol. The topological polar surface area (TPSA) is 149 Å². The van der Waals surface area contributed by atoms with Crippen molar-refractivity contribution in [2.75, 3.05) is 26.4 Å². The van der Waals surface area contributed by atoms with E-state index < -0.39 is 51.8 Å². The van der Waals surface area contributed by atoms with E-state index in [-0.39, 0.29) is 19.4 Å². The number of aliphatic hydroxyl groups is 2. The summed E-state index contributed by atoms with van der Waals surface area (Å²) in [5.74, 6) is -0.918. The Balaban J connectivity index is 4.25. The molecule has 0 aromatic rings. The van der Waals surface area contributed by atoms with Crippen molar-refractivity contribution < 1.29 is 47.8 Å².